The van der Waals surface area contributed by atoms with Gasteiger partial charge in [0.25, 0.3) is 0 Å². The molecule has 0 rings (SSSR count). The number of guanidine groups is 2. The molecular weight excluding hydrogens is 1370 g/mol. The van der Waals surface area contributed by atoms with E-state index in [1.54, 1.807) is 0 Å². The zero-order valence-corrected chi connectivity index (χ0v) is 83.9. The molecule has 12 N–H and O–H groups in total. The summed E-state index contributed by atoms with van der Waals surface area (Å²) in [5.74, 6) is 37.1. The summed E-state index contributed by atoms with van der Waals surface area (Å²) in [6.07, 6.45) is 33.0. The zero-order chi connectivity index (χ0) is 91.4. The molecule has 0 bridgehead atoms. The molecule has 0 aliphatic carbocycles. The van der Waals surface area contributed by atoms with Crippen molar-refractivity contribution in [2.24, 2.45) is 97.9 Å². The molecule has 0 aliphatic heterocycles. The first-order valence-corrected chi connectivity index (χ1v) is 41.2. The summed E-state index contributed by atoms with van der Waals surface area (Å²) in [6.45, 7) is 92.3. The largest absolute Gasteiger partial charge is 0.370 e. The first kappa shape index (κ1) is 132. The Labute approximate surface area is 705 Å². The van der Waals surface area contributed by atoms with Crippen molar-refractivity contribution in [3.63, 3.8) is 0 Å². The quantitative estimate of drug-likeness (QED) is 0.0320. The molecule has 0 unspecified atom stereocenters. The van der Waals surface area contributed by atoms with Crippen LogP contribution in [0.3, 0.4) is 0 Å². The molecule has 0 heterocycles. The van der Waals surface area contributed by atoms with Crippen LogP contribution in [0.25, 0.3) is 0 Å². The monoisotopic (exact) mass is 1570 g/mol. The Morgan fingerprint density at radius 3 is 0.866 bits per heavy atom. The number of nitrogens with zero attached hydrogens (tertiary/aromatic N) is 4. The molecule has 0 fully saturated rings. The van der Waals surface area contributed by atoms with Gasteiger partial charge in [-0.25, -0.2) is 9.98 Å². The third-order valence-corrected chi connectivity index (χ3v) is 10.5. The number of allylic oxidation sites excluding steroid dienone is 8. The highest BCUT2D eigenvalue weighted by Crippen LogP contribution is 2.19. The third kappa shape index (κ3) is 225. The smallest absolute Gasteiger partial charge is 0.186 e. The normalized spacial score (nSPS) is 11.5. The number of nitrogens with one attached hydrogen (secondary N) is 4. The van der Waals surface area contributed by atoms with Crippen LogP contribution >= 0.6 is 0 Å². The molecule has 0 aliphatic rings. The maximum absolute atomic E-state index is 5.14. The second-order valence-corrected chi connectivity index (χ2v) is 40.4. The van der Waals surface area contributed by atoms with Crippen LogP contribution in [0.4, 0.5) is 0 Å². The molecule has 0 aromatic rings. The number of rotatable bonds is 16. The summed E-state index contributed by atoms with van der Waals surface area (Å²) in [5, 5.41) is 12.0. The number of hydrogen-bond donors (Lipinski definition) is 8. The summed E-state index contributed by atoms with van der Waals surface area (Å²) in [6, 6.07) is 0. The van der Waals surface area contributed by atoms with Crippen molar-refractivity contribution in [2.45, 2.75) is 315 Å². The summed E-state index contributed by atoms with van der Waals surface area (Å²) in [4.78, 5) is 11.8. The van der Waals surface area contributed by atoms with Crippen molar-refractivity contribution < 1.29 is 0 Å². The first-order valence-electron chi connectivity index (χ1n) is 41.2. The van der Waals surface area contributed by atoms with Gasteiger partial charge in [-0.15, -0.1) is 11.8 Å². The van der Waals surface area contributed by atoms with Gasteiger partial charge in [-0.05, 0) is 233 Å². The number of hydrogen-bond acceptors (Lipinski definition) is 8. The van der Waals surface area contributed by atoms with Crippen molar-refractivity contribution >= 4 is 11.9 Å². The Hall–Kier alpha value is -5.90. The molecular formula is C100H196N12. The molecule has 0 saturated carbocycles. The second kappa shape index (κ2) is 76.4. The predicted octanol–water partition coefficient (Wildman–Crippen LogP) is 22.7. The summed E-state index contributed by atoms with van der Waals surface area (Å²) in [7, 11) is 15.9. The fraction of sp³-hybridized carbons (Fsp3) is 0.740. The minimum absolute atomic E-state index is 0.0267. The molecule has 112 heavy (non-hydrogen) atoms. The molecule has 0 spiro atoms. The van der Waals surface area contributed by atoms with Crippen LogP contribution in [-0.4, -0.2) is 130 Å². The van der Waals surface area contributed by atoms with Gasteiger partial charge in [0.2, 0.25) is 0 Å². The van der Waals surface area contributed by atoms with Crippen molar-refractivity contribution in [1.82, 2.24) is 31.1 Å². The van der Waals surface area contributed by atoms with E-state index in [4.69, 9.17) is 22.9 Å². The average Bonchev–Trinajstić information content (AvgIpc) is 0.887. The Balaban J connectivity index is -0.0000000975. The van der Waals surface area contributed by atoms with Crippen molar-refractivity contribution in [3.8, 4) is 71.0 Å². The van der Waals surface area contributed by atoms with Gasteiger partial charge < -0.3 is 49.1 Å². The van der Waals surface area contributed by atoms with Crippen LogP contribution < -0.4 is 44.2 Å². The number of unbranched alkanes of at least 4 members (excludes halogenated alkanes) is 2. The molecule has 0 saturated heterocycles. The Morgan fingerprint density at radius 1 is 0.321 bits per heavy atom. The van der Waals surface area contributed by atoms with E-state index in [0.717, 1.165) is 58.5 Å². The van der Waals surface area contributed by atoms with Gasteiger partial charge in [-0.2, -0.15) is 0 Å². The minimum Gasteiger partial charge on any atom is -0.370 e. The van der Waals surface area contributed by atoms with Crippen molar-refractivity contribution in [2.75, 3.05) is 109 Å². The van der Waals surface area contributed by atoms with E-state index < -0.39 is 0 Å². The third-order valence-electron chi connectivity index (χ3n) is 10.5. The van der Waals surface area contributed by atoms with Crippen LogP contribution in [0.1, 0.15) is 315 Å². The lowest BCUT2D eigenvalue weighted by molar-refractivity contribution is 0.451. The van der Waals surface area contributed by atoms with Crippen LogP contribution in [0.15, 0.2) is 82.9 Å². The number of aliphatic imine (C=N–C) groups is 2. The zero-order valence-electron chi connectivity index (χ0n) is 83.9. The number of likely N-dealkylation sites (N-methyl/N-ethyl adjacent to an activating group) is 3. The molecule has 0 atom stereocenters. The maximum Gasteiger partial charge on any atom is 0.186 e. The van der Waals surface area contributed by atoms with Gasteiger partial charge in [0.15, 0.2) is 11.9 Å². The van der Waals surface area contributed by atoms with Crippen LogP contribution in [0, 0.1) is 136 Å². The van der Waals surface area contributed by atoms with E-state index in [1.807, 2.05) is 69.1 Å². The summed E-state index contributed by atoms with van der Waals surface area (Å²) < 4.78 is 0. The van der Waals surface area contributed by atoms with E-state index in [0.29, 0.717) is 40.2 Å². The number of nitrogens with two attached hydrogens (primary N) is 4. The molecule has 0 radical (unpaired) electrons. The lowest BCUT2D eigenvalue weighted by Gasteiger charge is -2.12. The lowest BCUT2D eigenvalue weighted by Crippen LogP contribution is -2.22. The summed E-state index contributed by atoms with van der Waals surface area (Å²) >= 11 is 0. The minimum atomic E-state index is 0.0267. The molecule has 12 heteroatoms. The average molecular weight is 1570 g/mol. The topological polar surface area (TPSA) is 183 Å². The standard InChI is InChI=1S/C9H19N.C9H17N.C9H18.C9H16.C8H17N3.C8H15N3.2C8H17N.2C8H15N.C8H16.C8H14/c2*1-9(2,3)7-6-8-10(4)5;2*1-5-6-7-8-9(2,3)4;2*1-8(2,3)5-4-6-11-7(9)10;4*1-8(2,3)6-5-7-9-4;2*1-5-6-7-8(2,3)4/h6-7H,8H2,1-5H3;8H2,1-5H3;7-8H,5-6H2,1-4H3;5-6H2,1-4H3;4-5H,6H2,1-3H3,(H4,9,10,11);6H2,1-3H3,(H4,9,10,11);2*5-6,9H,7H2,1-4H3;2*9H,7H2,1-4H3;6-7H,5H2,1-4H3;5H2,1-4H3/b7-6+;;8-7+;;5-4+;;2*6-5+;;;7-6+;. The Morgan fingerprint density at radius 2 is 0.616 bits per heavy atom. The predicted molar refractivity (Wildman–Crippen MR) is 520 cm³/mol. The molecule has 0 aromatic heterocycles. The fourth-order valence-corrected chi connectivity index (χ4v) is 5.82. The van der Waals surface area contributed by atoms with Crippen LogP contribution in [-0.2, 0) is 0 Å². The van der Waals surface area contributed by atoms with Crippen LogP contribution in [0.2, 0.25) is 0 Å². The molecule has 0 amide bonds. The van der Waals surface area contributed by atoms with Crippen molar-refractivity contribution in [1.29, 1.82) is 0 Å². The molecule has 0 aromatic carbocycles. The second-order valence-electron chi connectivity index (χ2n) is 40.4. The lowest BCUT2D eigenvalue weighted by atomic mass is 9.96. The SMILES string of the molecule is CC(C)(C)/C=C/CN=C(N)N.CC(C)(C)C#CCN=C(N)N.CC/C=C/C(C)(C)C.CCC#CC(C)(C)C.CCC/C=C/C(C)(C)C.CCCC#CC(C)(C)C.CN(C)C/C=C/C(C)(C)C.CN(C)CC#CC(C)(C)C.CNC/C=C/C(C)(C)C.CNC/C=C/C(C)(C)C.CNCC#CC(C)(C)C.CNCC#CC(C)(C)C. The van der Waals surface area contributed by atoms with E-state index in [9.17, 15) is 0 Å². The van der Waals surface area contributed by atoms with Gasteiger partial charge in [0.05, 0.1) is 26.2 Å². The van der Waals surface area contributed by atoms with Crippen molar-refractivity contribution in [3.05, 3.63) is 72.9 Å². The first-order chi connectivity index (χ1) is 50.2. The van der Waals surface area contributed by atoms with E-state index in [2.05, 4.69) is 449 Å². The highest BCUT2D eigenvalue weighted by Gasteiger charge is 2.09. The van der Waals surface area contributed by atoms with E-state index in [1.165, 1.54) is 19.3 Å². The fourth-order valence-electron chi connectivity index (χ4n) is 5.82. The van der Waals surface area contributed by atoms with Gasteiger partial charge in [-0.1, -0.05) is 291 Å². The van der Waals surface area contributed by atoms with E-state index in [-0.39, 0.29) is 49.8 Å². The van der Waals surface area contributed by atoms with Gasteiger partial charge >= 0.3 is 0 Å². The highest BCUT2D eigenvalue weighted by atomic mass is 15.0. The highest BCUT2D eigenvalue weighted by molar-refractivity contribution is 5.76. The Kier molecular flexibility index (Phi) is 90.3. The van der Waals surface area contributed by atoms with Gasteiger partial charge in [0.1, 0.15) is 6.54 Å². The molecule has 12 nitrogen and oxygen atoms in total. The molecule has 656 valence electrons. The summed E-state index contributed by atoms with van der Waals surface area (Å²) in [5.41, 5.74) is 23.3. The van der Waals surface area contributed by atoms with Gasteiger partial charge in [0, 0.05) is 65.0 Å². The maximum atomic E-state index is 5.14. The Bertz CT molecular complexity index is 2650. The van der Waals surface area contributed by atoms with E-state index >= 15 is 0 Å². The van der Waals surface area contributed by atoms with Crippen LogP contribution in [0.5, 0.6) is 0 Å². The van der Waals surface area contributed by atoms with Gasteiger partial charge in [-0.3, -0.25) is 4.90 Å².